The Kier molecular flexibility index (Phi) is 7.39. The molecule has 1 aromatic carbocycles. The van der Waals surface area contributed by atoms with E-state index in [-0.39, 0.29) is 10.9 Å². The van der Waals surface area contributed by atoms with Gasteiger partial charge in [0.25, 0.3) is 10.1 Å². The van der Waals surface area contributed by atoms with Crippen molar-refractivity contribution in [3.05, 3.63) is 29.8 Å². The molecule has 10 heteroatoms. The third-order valence-corrected chi connectivity index (χ3v) is 3.81. The van der Waals surface area contributed by atoms with Crippen molar-refractivity contribution in [1.29, 1.82) is 5.41 Å². The van der Waals surface area contributed by atoms with Crippen LogP contribution in [0, 0.1) is 12.3 Å². The van der Waals surface area contributed by atoms with Gasteiger partial charge in [-0.05, 0) is 19.1 Å². The van der Waals surface area contributed by atoms with Crippen molar-refractivity contribution < 1.29 is 17.7 Å². The van der Waals surface area contributed by atoms with E-state index in [2.05, 4.69) is 5.43 Å². The number of benzene rings is 1. The molecule has 1 aliphatic heterocycles. The van der Waals surface area contributed by atoms with Crippen LogP contribution in [0.3, 0.4) is 0 Å². The molecule has 0 aliphatic carbocycles. The molecule has 0 unspecified atom stereocenters. The molecular formula is C13H23N5O4S. The fraction of sp³-hybridized carbons (Fsp3) is 0.462. The van der Waals surface area contributed by atoms with Gasteiger partial charge in [-0.15, -0.1) is 0 Å². The number of hydrogen-bond acceptors (Lipinski definition) is 6. The quantitative estimate of drug-likeness (QED) is 0.191. The SMILES string of the molecule is CN(N)C(=N)NN1CCOCC1.Cc1ccc(S(=O)(=O)O)cc1. The van der Waals surface area contributed by atoms with Gasteiger partial charge in [-0.2, -0.15) is 8.42 Å². The number of nitrogens with zero attached hydrogens (tertiary/aromatic N) is 2. The molecule has 0 aromatic heterocycles. The van der Waals surface area contributed by atoms with Crippen LogP contribution in [-0.4, -0.2) is 62.3 Å². The lowest BCUT2D eigenvalue weighted by Gasteiger charge is -2.29. The van der Waals surface area contributed by atoms with Crippen molar-refractivity contribution in [1.82, 2.24) is 15.4 Å². The summed E-state index contributed by atoms with van der Waals surface area (Å²) in [5, 5.41) is 10.5. The first kappa shape index (κ1) is 19.3. The third-order valence-electron chi connectivity index (χ3n) is 2.95. The molecule has 9 nitrogen and oxygen atoms in total. The Morgan fingerprint density at radius 1 is 1.35 bits per heavy atom. The Morgan fingerprint density at radius 2 is 1.87 bits per heavy atom. The highest BCUT2D eigenvalue weighted by atomic mass is 32.2. The molecule has 2 rings (SSSR count). The third kappa shape index (κ3) is 7.39. The number of rotatable bonds is 2. The number of ether oxygens (including phenoxy) is 1. The van der Waals surface area contributed by atoms with E-state index in [9.17, 15) is 8.42 Å². The zero-order valence-electron chi connectivity index (χ0n) is 13.2. The number of nitrogens with one attached hydrogen (secondary N) is 2. The summed E-state index contributed by atoms with van der Waals surface area (Å²) in [6, 6.07) is 5.99. The normalized spacial score (nSPS) is 15.3. The molecule has 0 amide bonds. The highest BCUT2D eigenvalue weighted by molar-refractivity contribution is 7.85. The number of nitrogens with two attached hydrogens (primary N) is 1. The van der Waals surface area contributed by atoms with Crippen LogP contribution in [0.25, 0.3) is 0 Å². The molecule has 0 saturated carbocycles. The molecule has 5 N–H and O–H groups in total. The number of hydrazine groups is 2. The highest BCUT2D eigenvalue weighted by Crippen LogP contribution is 2.08. The molecule has 1 saturated heterocycles. The minimum Gasteiger partial charge on any atom is -0.379 e. The van der Waals surface area contributed by atoms with Crippen LogP contribution in [0.5, 0.6) is 0 Å². The standard InChI is InChI=1S/C7H8O3S.C6H15N5O/c1-6-2-4-7(5-3-6)11(8,9)10;1-10(8)6(7)9-11-2-4-12-5-3-11/h2-5H,1H3,(H,8,9,10);2-5,8H2,1H3,(H2,7,9). The molecule has 1 fully saturated rings. The lowest BCUT2D eigenvalue weighted by atomic mass is 10.2. The zero-order valence-corrected chi connectivity index (χ0v) is 14.0. The van der Waals surface area contributed by atoms with E-state index in [0.717, 1.165) is 18.7 Å². The topological polar surface area (TPSA) is 132 Å². The summed E-state index contributed by atoms with van der Waals surface area (Å²) in [4.78, 5) is -0.0666. The maximum Gasteiger partial charge on any atom is 0.294 e. The van der Waals surface area contributed by atoms with Gasteiger partial charge in [0.2, 0.25) is 5.96 Å². The summed E-state index contributed by atoms with van der Waals surface area (Å²) >= 11 is 0. The van der Waals surface area contributed by atoms with E-state index in [0.29, 0.717) is 13.2 Å². The van der Waals surface area contributed by atoms with Crippen molar-refractivity contribution in [2.45, 2.75) is 11.8 Å². The predicted molar refractivity (Wildman–Crippen MR) is 86.2 cm³/mol. The van der Waals surface area contributed by atoms with Crippen LogP contribution in [0.4, 0.5) is 0 Å². The lowest BCUT2D eigenvalue weighted by molar-refractivity contribution is 0.0226. The monoisotopic (exact) mass is 345 g/mol. The van der Waals surface area contributed by atoms with Crippen LogP contribution in [0.15, 0.2) is 29.2 Å². The van der Waals surface area contributed by atoms with Crippen LogP contribution < -0.4 is 11.3 Å². The Bertz CT molecular complexity index is 597. The van der Waals surface area contributed by atoms with Crippen LogP contribution >= 0.6 is 0 Å². The van der Waals surface area contributed by atoms with Crippen molar-refractivity contribution in [2.24, 2.45) is 5.84 Å². The Balaban J connectivity index is 0.000000231. The number of aryl methyl sites for hydroxylation is 1. The minimum absolute atomic E-state index is 0.0666. The molecule has 130 valence electrons. The molecule has 0 radical (unpaired) electrons. The number of hydrogen-bond donors (Lipinski definition) is 4. The van der Waals surface area contributed by atoms with Crippen molar-refractivity contribution in [3.63, 3.8) is 0 Å². The summed E-state index contributed by atoms with van der Waals surface area (Å²) in [5.41, 5.74) is 3.81. The van der Waals surface area contributed by atoms with Gasteiger partial charge in [0, 0.05) is 20.1 Å². The van der Waals surface area contributed by atoms with Gasteiger partial charge in [-0.25, -0.2) is 10.9 Å². The van der Waals surface area contributed by atoms with Gasteiger partial charge in [-0.1, -0.05) is 17.7 Å². The molecule has 1 aromatic rings. The zero-order chi connectivity index (χ0) is 17.5. The largest absolute Gasteiger partial charge is 0.379 e. The maximum absolute atomic E-state index is 10.5. The Labute approximate surface area is 136 Å². The fourth-order valence-corrected chi connectivity index (χ4v) is 2.09. The molecule has 0 bridgehead atoms. The molecule has 1 heterocycles. The second-order valence-corrected chi connectivity index (χ2v) is 6.38. The number of morpholine rings is 1. The van der Waals surface area contributed by atoms with E-state index in [4.69, 9.17) is 20.5 Å². The van der Waals surface area contributed by atoms with Gasteiger partial charge < -0.3 is 4.74 Å². The summed E-state index contributed by atoms with van der Waals surface area (Å²) < 4.78 is 34.7. The van der Waals surface area contributed by atoms with Crippen LogP contribution in [0.1, 0.15) is 5.56 Å². The Hall–Kier alpha value is -1.72. The van der Waals surface area contributed by atoms with Crippen LogP contribution in [-0.2, 0) is 14.9 Å². The minimum atomic E-state index is -4.02. The van der Waals surface area contributed by atoms with Crippen molar-refractivity contribution >= 4 is 16.1 Å². The highest BCUT2D eigenvalue weighted by Gasteiger charge is 2.11. The van der Waals surface area contributed by atoms with Gasteiger partial charge in [0.05, 0.1) is 18.1 Å². The van der Waals surface area contributed by atoms with Gasteiger partial charge in [-0.3, -0.25) is 20.4 Å². The van der Waals surface area contributed by atoms with Gasteiger partial charge in [0.1, 0.15) is 0 Å². The summed E-state index contributed by atoms with van der Waals surface area (Å²) in [7, 11) is -2.40. The maximum atomic E-state index is 10.5. The summed E-state index contributed by atoms with van der Waals surface area (Å²) in [5.74, 6) is 5.53. The van der Waals surface area contributed by atoms with E-state index in [1.165, 1.54) is 17.1 Å². The molecule has 0 spiro atoms. The number of guanidine groups is 1. The predicted octanol–water partition coefficient (Wildman–Crippen LogP) is -0.195. The smallest absolute Gasteiger partial charge is 0.294 e. The van der Waals surface area contributed by atoms with Gasteiger partial charge in [0.15, 0.2) is 0 Å². The summed E-state index contributed by atoms with van der Waals surface area (Å²) in [6.07, 6.45) is 0. The summed E-state index contributed by atoms with van der Waals surface area (Å²) in [6.45, 7) is 4.82. The molecular weight excluding hydrogens is 322 g/mol. The lowest BCUT2D eigenvalue weighted by Crippen LogP contribution is -2.53. The molecule has 1 aliphatic rings. The van der Waals surface area contributed by atoms with E-state index < -0.39 is 10.1 Å². The molecule has 23 heavy (non-hydrogen) atoms. The first-order valence-corrected chi connectivity index (χ1v) is 8.34. The second kappa shape index (κ2) is 8.79. The fourth-order valence-electron chi connectivity index (χ4n) is 1.61. The first-order valence-electron chi connectivity index (χ1n) is 6.90. The van der Waals surface area contributed by atoms with E-state index in [1.807, 2.05) is 11.9 Å². The van der Waals surface area contributed by atoms with Crippen molar-refractivity contribution in [3.8, 4) is 0 Å². The second-order valence-electron chi connectivity index (χ2n) is 4.96. The Morgan fingerprint density at radius 3 is 2.30 bits per heavy atom. The van der Waals surface area contributed by atoms with Gasteiger partial charge >= 0.3 is 0 Å². The van der Waals surface area contributed by atoms with E-state index in [1.54, 1.807) is 19.2 Å². The van der Waals surface area contributed by atoms with Crippen LogP contribution in [0.2, 0.25) is 0 Å². The average molecular weight is 345 g/mol. The van der Waals surface area contributed by atoms with Crippen molar-refractivity contribution in [2.75, 3.05) is 33.4 Å². The molecule has 0 atom stereocenters. The average Bonchev–Trinajstić information content (AvgIpc) is 2.48. The first-order chi connectivity index (χ1) is 10.7. The van der Waals surface area contributed by atoms with E-state index >= 15 is 0 Å².